The van der Waals surface area contributed by atoms with Crippen molar-refractivity contribution in [2.24, 2.45) is 0 Å². The van der Waals surface area contributed by atoms with Gasteiger partial charge in [-0.3, -0.25) is 0 Å². The van der Waals surface area contributed by atoms with Gasteiger partial charge in [0, 0.05) is 50.4 Å². The lowest BCUT2D eigenvalue weighted by Crippen LogP contribution is -2.28. The molecule has 2 aliphatic carbocycles. The van der Waals surface area contributed by atoms with Crippen LogP contribution in [0.4, 0.5) is 11.4 Å². The van der Waals surface area contributed by atoms with Crippen molar-refractivity contribution in [3.63, 3.8) is 0 Å². The first kappa shape index (κ1) is 29.9. The largest absolute Gasteiger partial charge is 0.456 e. The molecule has 7 aromatic carbocycles. The van der Waals surface area contributed by atoms with Crippen molar-refractivity contribution in [3.8, 4) is 16.8 Å². The van der Waals surface area contributed by atoms with E-state index in [0.717, 1.165) is 40.5 Å². The zero-order chi connectivity index (χ0) is 35.3. The summed E-state index contributed by atoms with van der Waals surface area (Å²) in [6, 6.07) is 56.6. The standard InChI is InChI=1S/C51H36N2O/c1-2-12-36-32(11-1)21-25-37(39-14-4-3-13-38(36)39)33-22-26-48-43(29-33)44-30-34(52-46-18-8-5-15-40(46)41-16-6-9-19-47(41)52)23-27-49(44)53(48)35-24-28-51-45(31-35)42-17-7-10-20-50(42)54-51/h1-20,22-24,26-31,37,40,46H,21,25H2. The zero-order valence-electron chi connectivity index (χ0n) is 29.7. The van der Waals surface area contributed by atoms with Gasteiger partial charge in [0.15, 0.2) is 0 Å². The van der Waals surface area contributed by atoms with Crippen LogP contribution >= 0.6 is 0 Å². The van der Waals surface area contributed by atoms with Crippen molar-refractivity contribution in [1.29, 1.82) is 0 Å². The van der Waals surface area contributed by atoms with E-state index < -0.39 is 0 Å². The zero-order valence-corrected chi connectivity index (χ0v) is 29.7. The number of para-hydroxylation sites is 2. The van der Waals surface area contributed by atoms with E-state index in [-0.39, 0.29) is 6.04 Å². The second-order valence-electron chi connectivity index (χ2n) is 15.1. The van der Waals surface area contributed by atoms with E-state index >= 15 is 0 Å². The molecule has 1 aliphatic heterocycles. The number of aryl methyl sites for hydroxylation is 1. The molecule has 0 saturated heterocycles. The maximum atomic E-state index is 6.26. The van der Waals surface area contributed by atoms with Gasteiger partial charge in [-0.05, 0) is 107 Å². The molecule has 3 aliphatic rings. The summed E-state index contributed by atoms with van der Waals surface area (Å²) in [7, 11) is 0. The van der Waals surface area contributed by atoms with Crippen molar-refractivity contribution >= 4 is 55.1 Å². The molecule has 0 radical (unpaired) electrons. The molecule has 3 heteroatoms. The Morgan fingerprint density at radius 3 is 2.17 bits per heavy atom. The second kappa shape index (κ2) is 11.5. The molecule has 3 nitrogen and oxygen atoms in total. The summed E-state index contributed by atoms with van der Waals surface area (Å²) in [5.41, 5.74) is 16.2. The van der Waals surface area contributed by atoms with Crippen LogP contribution in [0.15, 0.2) is 180 Å². The number of anilines is 2. The molecule has 9 aromatic rings. The Hall–Kier alpha value is -6.58. The van der Waals surface area contributed by atoms with Crippen molar-refractivity contribution < 1.29 is 4.42 Å². The Bertz CT molecular complexity index is 3050. The fourth-order valence-electron chi connectivity index (χ4n) is 9.97. The highest BCUT2D eigenvalue weighted by molar-refractivity contribution is 6.12. The van der Waals surface area contributed by atoms with Crippen molar-refractivity contribution in [2.45, 2.75) is 30.7 Å². The molecule has 0 saturated carbocycles. The first-order valence-electron chi connectivity index (χ1n) is 19.2. The molecule has 54 heavy (non-hydrogen) atoms. The first-order valence-corrected chi connectivity index (χ1v) is 19.2. The summed E-state index contributed by atoms with van der Waals surface area (Å²) >= 11 is 0. The average molecular weight is 693 g/mol. The number of fused-ring (bicyclic) bond motifs is 12. The third kappa shape index (κ3) is 4.30. The molecule has 3 heterocycles. The van der Waals surface area contributed by atoms with Gasteiger partial charge >= 0.3 is 0 Å². The SMILES string of the molecule is C1=CC2c3ccccc3N(c3ccc4c(c3)c3cc(C5CCc6ccccc6-c6ccccc65)ccc3n4-c3ccc4oc5ccccc5c4c3)C2C=C1. The summed E-state index contributed by atoms with van der Waals surface area (Å²) in [5, 5.41) is 4.83. The molecule has 0 N–H and O–H groups in total. The predicted molar refractivity (Wildman–Crippen MR) is 223 cm³/mol. The minimum Gasteiger partial charge on any atom is -0.456 e. The van der Waals surface area contributed by atoms with Gasteiger partial charge in [0.1, 0.15) is 11.2 Å². The fourth-order valence-corrected chi connectivity index (χ4v) is 9.97. The lowest BCUT2D eigenvalue weighted by Gasteiger charge is -2.28. The van der Waals surface area contributed by atoms with E-state index in [1.807, 2.05) is 6.07 Å². The molecule has 256 valence electrons. The first-order chi connectivity index (χ1) is 26.8. The topological polar surface area (TPSA) is 21.3 Å². The molecule has 0 amide bonds. The Kier molecular flexibility index (Phi) is 6.35. The number of furan rings is 1. The Balaban J connectivity index is 1.09. The van der Waals surface area contributed by atoms with Crippen LogP contribution in [-0.2, 0) is 6.42 Å². The van der Waals surface area contributed by atoms with Crippen LogP contribution in [0.3, 0.4) is 0 Å². The summed E-state index contributed by atoms with van der Waals surface area (Å²) in [5.74, 6) is 0.629. The monoisotopic (exact) mass is 692 g/mol. The Morgan fingerprint density at radius 2 is 1.22 bits per heavy atom. The van der Waals surface area contributed by atoms with Crippen LogP contribution in [0.1, 0.15) is 40.5 Å². The van der Waals surface area contributed by atoms with Crippen molar-refractivity contribution in [1.82, 2.24) is 4.57 Å². The number of benzene rings is 7. The van der Waals surface area contributed by atoms with Gasteiger partial charge in [0.2, 0.25) is 0 Å². The van der Waals surface area contributed by atoms with E-state index in [0.29, 0.717) is 11.8 Å². The molecule has 0 fully saturated rings. The molecular weight excluding hydrogens is 657 g/mol. The maximum Gasteiger partial charge on any atom is 0.135 e. The predicted octanol–water partition coefficient (Wildman–Crippen LogP) is 13.2. The van der Waals surface area contributed by atoms with Gasteiger partial charge in [-0.25, -0.2) is 0 Å². The normalized spacial score (nSPS) is 18.6. The van der Waals surface area contributed by atoms with Gasteiger partial charge in [0.05, 0.1) is 17.1 Å². The van der Waals surface area contributed by atoms with E-state index in [4.69, 9.17) is 4.42 Å². The van der Waals surface area contributed by atoms with Crippen LogP contribution in [0, 0.1) is 0 Å². The number of nitrogens with zero attached hydrogens (tertiary/aromatic N) is 2. The summed E-state index contributed by atoms with van der Waals surface area (Å²) in [6.07, 6.45) is 11.2. The van der Waals surface area contributed by atoms with Crippen LogP contribution in [-0.4, -0.2) is 10.6 Å². The smallest absolute Gasteiger partial charge is 0.135 e. The molecule has 3 unspecified atom stereocenters. The average Bonchev–Trinajstić information content (AvgIpc) is 3.84. The van der Waals surface area contributed by atoms with Gasteiger partial charge in [0.25, 0.3) is 0 Å². The highest BCUT2D eigenvalue weighted by Crippen LogP contribution is 2.49. The summed E-state index contributed by atoms with van der Waals surface area (Å²) < 4.78 is 8.72. The van der Waals surface area contributed by atoms with Gasteiger partial charge in [-0.15, -0.1) is 0 Å². The van der Waals surface area contributed by atoms with E-state index in [1.165, 1.54) is 66.6 Å². The highest BCUT2D eigenvalue weighted by Gasteiger charge is 2.37. The van der Waals surface area contributed by atoms with Gasteiger partial charge in [-0.2, -0.15) is 0 Å². The summed E-state index contributed by atoms with van der Waals surface area (Å²) in [4.78, 5) is 2.55. The van der Waals surface area contributed by atoms with Crippen LogP contribution < -0.4 is 4.90 Å². The van der Waals surface area contributed by atoms with Crippen LogP contribution in [0.2, 0.25) is 0 Å². The number of aromatic nitrogens is 1. The van der Waals surface area contributed by atoms with E-state index in [9.17, 15) is 0 Å². The van der Waals surface area contributed by atoms with Gasteiger partial charge < -0.3 is 13.9 Å². The third-order valence-electron chi connectivity index (χ3n) is 12.4. The quantitative estimate of drug-likeness (QED) is 0.184. The van der Waals surface area contributed by atoms with E-state index in [1.54, 1.807) is 0 Å². The lowest BCUT2D eigenvalue weighted by atomic mass is 9.85. The molecule has 12 rings (SSSR count). The Labute approximate surface area is 313 Å². The van der Waals surface area contributed by atoms with Crippen LogP contribution in [0.25, 0.3) is 60.6 Å². The maximum absolute atomic E-state index is 6.26. The minimum absolute atomic E-state index is 0.245. The van der Waals surface area contributed by atoms with Gasteiger partial charge in [-0.1, -0.05) is 115 Å². The lowest BCUT2D eigenvalue weighted by molar-refractivity contribution is 0.669. The molecule has 2 aromatic heterocycles. The number of hydrogen-bond acceptors (Lipinski definition) is 2. The number of rotatable bonds is 3. The van der Waals surface area contributed by atoms with E-state index in [2.05, 4.69) is 179 Å². The van der Waals surface area contributed by atoms with Crippen molar-refractivity contribution in [3.05, 3.63) is 198 Å². The summed E-state index contributed by atoms with van der Waals surface area (Å²) in [6.45, 7) is 0. The Morgan fingerprint density at radius 1 is 0.519 bits per heavy atom. The highest BCUT2D eigenvalue weighted by atomic mass is 16.3. The number of hydrogen-bond donors (Lipinski definition) is 0. The third-order valence-corrected chi connectivity index (χ3v) is 12.4. The minimum atomic E-state index is 0.245. The molecular formula is C51H36N2O. The molecule has 3 atom stereocenters. The number of allylic oxidation sites excluding steroid dienone is 2. The molecule has 0 spiro atoms. The van der Waals surface area contributed by atoms with Crippen molar-refractivity contribution in [2.75, 3.05) is 4.90 Å². The van der Waals surface area contributed by atoms with Crippen LogP contribution in [0.5, 0.6) is 0 Å². The second-order valence-corrected chi connectivity index (χ2v) is 15.1. The fraction of sp³-hybridized carbons (Fsp3) is 0.0980. The molecule has 0 bridgehead atoms.